The number of rotatable bonds is 2. The Morgan fingerprint density at radius 3 is 2.71 bits per heavy atom. The van der Waals surface area contributed by atoms with Gasteiger partial charge in [-0.2, -0.15) is 0 Å². The summed E-state index contributed by atoms with van der Waals surface area (Å²) in [6.07, 6.45) is 1.64. The van der Waals surface area contributed by atoms with Crippen molar-refractivity contribution in [2.45, 2.75) is 25.7 Å². The molecule has 0 unspecified atom stereocenters. The van der Waals surface area contributed by atoms with Gasteiger partial charge in [-0.1, -0.05) is 44.2 Å². The molecule has 1 aliphatic rings. The number of fused-ring (bicyclic) bond motifs is 1. The molecule has 3 rings (SSSR count). The third kappa shape index (κ3) is 2.49. The highest BCUT2D eigenvalue weighted by atomic mass is 16.4. The van der Waals surface area contributed by atoms with Crippen molar-refractivity contribution in [3.8, 4) is 0 Å². The van der Waals surface area contributed by atoms with Crippen LogP contribution in [0.5, 0.6) is 0 Å². The van der Waals surface area contributed by atoms with Crippen LogP contribution in [0.25, 0.3) is 0 Å². The second kappa shape index (κ2) is 4.88. The van der Waals surface area contributed by atoms with Crippen molar-refractivity contribution in [2.24, 2.45) is 0 Å². The van der Waals surface area contributed by atoms with Gasteiger partial charge in [-0.15, -0.1) is 0 Å². The number of pyridine rings is 1. The van der Waals surface area contributed by atoms with Gasteiger partial charge in [0.2, 0.25) is 0 Å². The summed E-state index contributed by atoms with van der Waals surface area (Å²) in [5.74, 6) is 0. The van der Waals surface area contributed by atoms with Crippen LogP contribution in [0.15, 0.2) is 42.6 Å². The Morgan fingerprint density at radius 1 is 1.33 bits per heavy atom. The molecular formula is C17H18N2O2. The maximum absolute atomic E-state index is 11.4. The van der Waals surface area contributed by atoms with Gasteiger partial charge in [-0.25, -0.2) is 4.79 Å². The van der Waals surface area contributed by atoms with E-state index in [1.54, 1.807) is 0 Å². The van der Waals surface area contributed by atoms with Gasteiger partial charge in [0, 0.05) is 35.8 Å². The minimum absolute atomic E-state index is 0.188. The van der Waals surface area contributed by atoms with E-state index in [-0.39, 0.29) is 5.41 Å². The molecule has 2 heterocycles. The Labute approximate surface area is 124 Å². The van der Waals surface area contributed by atoms with Crippen molar-refractivity contribution >= 4 is 11.8 Å². The second-order valence-corrected chi connectivity index (χ2v) is 6.11. The fourth-order valence-corrected chi connectivity index (χ4v) is 2.87. The monoisotopic (exact) mass is 282 g/mol. The predicted molar refractivity (Wildman–Crippen MR) is 81.9 cm³/mol. The Kier molecular flexibility index (Phi) is 3.16. The average molecular weight is 282 g/mol. The molecule has 0 spiro atoms. The number of hydrogen-bond acceptors (Lipinski definition) is 2. The molecule has 1 aromatic heterocycles. The van der Waals surface area contributed by atoms with E-state index in [2.05, 4.69) is 4.98 Å². The van der Waals surface area contributed by atoms with E-state index < -0.39 is 6.09 Å². The van der Waals surface area contributed by atoms with Gasteiger partial charge in [-0.05, 0) is 11.6 Å². The van der Waals surface area contributed by atoms with Crippen LogP contribution in [0, 0.1) is 0 Å². The number of amides is 1. The van der Waals surface area contributed by atoms with Crippen molar-refractivity contribution in [1.29, 1.82) is 0 Å². The maximum Gasteiger partial charge on any atom is 0.411 e. The lowest BCUT2D eigenvalue weighted by atomic mass is 9.88. The smallest absolute Gasteiger partial charge is 0.411 e. The van der Waals surface area contributed by atoms with Crippen LogP contribution in [-0.2, 0) is 11.8 Å². The molecule has 21 heavy (non-hydrogen) atoms. The van der Waals surface area contributed by atoms with Gasteiger partial charge < -0.3 is 5.11 Å². The first-order chi connectivity index (χ1) is 9.97. The summed E-state index contributed by atoms with van der Waals surface area (Å²) in [6, 6.07) is 12.0. The van der Waals surface area contributed by atoms with Crippen molar-refractivity contribution in [1.82, 2.24) is 4.98 Å². The third-order valence-electron chi connectivity index (χ3n) is 3.97. The fourth-order valence-electron chi connectivity index (χ4n) is 2.87. The van der Waals surface area contributed by atoms with Crippen molar-refractivity contribution in [3.05, 3.63) is 59.4 Å². The summed E-state index contributed by atoms with van der Waals surface area (Å²) >= 11 is 0. The maximum atomic E-state index is 11.4. The van der Waals surface area contributed by atoms with E-state index >= 15 is 0 Å². The van der Waals surface area contributed by atoms with Crippen LogP contribution in [0.2, 0.25) is 0 Å². The molecule has 0 fully saturated rings. The van der Waals surface area contributed by atoms with Gasteiger partial charge in [-0.3, -0.25) is 9.88 Å². The average Bonchev–Trinajstić information content (AvgIpc) is 2.72. The lowest BCUT2D eigenvalue weighted by molar-refractivity contribution is 0.201. The Bertz CT molecular complexity index is 680. The standard InChI is InChI=1S/C17H18N2O2/c1-17(2)11-19(16(20)21)15-9-13(18-10-14(15)17)8-12-6-4-3-5-7-12/h3-7,9-10H,8,11H2,1-2H3,(H,20,21). The molecular weight excluding hydrogens is 264 g/mol. The molecule has 108 valence electrons. The molecule has 0 bridgehead atoms. The molecule has 4 nitrogen and oxygen atoms in total. The van der Waals surface area contributed by atoms with Gasteiger partial charge in [0.05, 0.1) is 5.69 Å². The van der Waals surface area contributed by atoms with Crippen LogP contribution in [0.3, 0.4) is 0 Å². The topological polar surface area (TPSA) is 53.4 Å². The molecule has 4 heteroatoms. The first-order valence-corrected chi connectivity index (χ1v) is 7.01. The Hall–Kier alpha value is -2.36. The highest BCUT2D eigenvalue weighted by Gasteiger charge is 2.38. The third-order valence-corrected chi connectivity index (χ3v) is 3.97. The minimum atomic E-state index is -0.904. The molecule has 0 atom stereocenters. The summed E-state index contributed by atoms with van der Waals surface area (Å²) in [4.78, 5) is 17.4. The van der Waals surface area contributed by atoms with Crippen molar-refractivity contribution < 1.29 is 9.90 Å². The molecule has 2 aromatic rings. The molecule has 1 amide bonds. The first kappa shape index (κ1) is 13.6. The highest BCUT2D eigenvalue weighted by molar-refractivity contribution is 5.90. The predicted octanol–water partition coefficient (Wildman–Crippen LogP) is 3.45. The second-order valence-electron chi connectivity index (χ2n) is 6.11. The number of carboxylic acid groups (broad SMARTS) is 1. The number of aromatic nitrogens is 1. The summed E-state index contributed by atoms with van der Waals surface area (Å²) in [5.41, 5.74) is 3.65. The van der Waals surface area contributed by atoms with Crippen LogP contribution in [-0.4, -0.2) is 22.7 Å². The quantitative estimate of drug-likeness (QED) is 0.918. The van der Waals surface area contributed by atoms with Gasteiger partial charge in [0.15, 0.2) is 0 Å². The Morgan fingerprint density at radius 2 is 2.05 bits per heavy atom. The Balaban J connectivity index is 1.97. The molecule has 0 aliphatic carbocycles. The van der Waals surface area contributed by atoms with Gasteiger partial charge in [0.25, 0.3) is 0 Å². The van der Waals surface area contributed by atoms with Gasteiger partial charge in [0.1, 0.15) is 0 Å². The minimum Gasteiger partial charge on any atom is -0.465 e. The zero-order chi connectivity index (χ0) is 15.0. The molecule has 1 N–H and O–H groups in total. The van der Waals surface area contributed by atoms with E-state index in [4.69, 9.17) is 0 Å². The summed E-state index contributed by atoms with van der Waals surface area (Å²) in [5, 5.41) is 9.38. The van der Waals surface area contributed by atoms with Crippen LogP contribution in [0.4, 0.5) is 10.5 Å². The normalized spacial score (nSPS) is 15.8. The largest absolute Gasteiger partial charge is 0.465 e. The number of carbonyl (C=O) groups is 1. The lowest BCUT2D eigenvalue weighted by Gasteiger charge is -2.18. The molecule has 1 aromatic carbocycles. The van der Waals surface area contributed by atoms with Gasteiger partial charge >= 0.3 is 6.09 Å². The van der Waals surface area contributed by atoms with E-state index in [0.29, 0.717) is 13.0 Å². The number of anilines is 1. The molecule has 0 saturated heterocycles. The number of nitrogens with zero attached hydrogens (tertiary/aromatic N) is 2. The first-order valence-electron chi connectivity index (χ1n) is 7.01. The van der Waals surface area contributed by atoms with Crippen molar-refractivity contribution in [3.63, 3.8) is 0 Å². The fraction of sp³-hybridized carbons (Fsp3) is 0.294. The molecule has 1 aliphatic heterocycles. The number of benzene rings is 1. The summed E-state index contributed by atoms with van der Waals surface area (Å²) < 4.78 is 0. The van der Waals surface area contributed by atoms with Crippen molar-refractivity contribution in [2.75, 3.05) is 11.4 Å². The van der Waals surface area contributed by atoms with Crippen LogP contribution in [0.1, 0.15) is 30.7 Å². The van der Waals surface area contributed by atoms with E-state index in [9.17, 15) is 9.90 Å². The summed E-state index contributed by atoms with van der Waals surface area (Å²) in [7, 11) is 0. The molecule has 0 saturated carbocycles. The van der Waals surface area contributed by atoms with E-state index in [1.807, 2.05) is 56.4 Å². The van der Waals surface area contributed by atoms with E-state index in [0.717, 1.165) is 16.9 Å². The number of hydrogen-bond donors (Lipinski definition) is 1. The highest BCUT2D eigenvalue weighted by Crippen LogP contribution is 2.40. The lowest BCUT2D eigenvalue weighted by Crippen LogP contribution is -2.32. The zero-order valence-electron chi connectivity index (χ0n) is 12.2. The SMILES string of the molecule is CC1(C)CN(C(=O)O)c2cc(Cc3ccccc3)ncc21. The molecule has 0 radical (unpaired) electrons. The summed E-state index contributed by atoms with van der Waals surface area (Å²) in [6.45, 7) is 4.58. The zero-order valence-corrected chi connectivity index (χ0v) is 12.2. The van der Waals surface area contributed by atoms with Crippen LogP contribution < -0.4 is 4.90 Å². The van der Waals surface area contributed by atoms with E-state index in [1.165, 1.54) is 10.5 Å². The van der Waals surface area contributed by atoms with Crippen LogP contribution >= 0.6 is 0 Å².